The van der Waals surface area contributed by atoms with Gasteiger partial charge in [-0.15, -0.1) is 0 Å². The first-order valence-corrected chi connectivity index (χ1v) is 4.90. The summed E-state index contributed by atoms with van der Waals surface area (Å²) in [5.74, 6) is 1.11. The maximum atomic E-state index is 5.46. The van der Waals surface area contributed by atoms with Crippen LogP contribution < -0.4 is 16.4 Å². The zero-order valence-corrected chi connectivity index (χ0v) is 8.03. The van der Waals surface area contributed by atoms with Crippen molar-refractivity contribution in [1.82, 2.24) is 15.3 Å². The van der Waals surface area contributed by atoms with Crippen molar-refractivity contribution in [2.75, 3.05) is 24.1 Å². The Labute approximate surface area is 83.1 Å². The Bertz CT molecular complexity index is 295. The molecule has 1 atom stereocenters. The number of nitrogen functional groups attached to an aromatic ring is 1. The van der Waals surface area contributed by atoms with E-state index < -0.39 is 0 Å². The van der Waals surface area contributed by atoms with E-state index in [9.17, 15) is 0 Å². The second-order valence-electron chi connectivity index (χ2n) is 3.47. The molecule has 0 bridgehead atoms. The molecule has 0 aliphatic carbocycles. The van der Waals surface area contributed by atoms with Crippen molar-refractivity contribution in [3.63, 3.8) is 0 Å². The van der Waals surface area contributed by atoms with E-state index in [4.69, 9.17) is 5.73 Å². The smallest absolute Gasteiger partial charge is 0.221 e. The quantitative estimate of drug-likeness (QED) is 0.640. The van der Waals surface area contributed by atoms with Gasteiger partial charge < -0.3 is 16.4 Å². The van der Waals surface area contributed by atoms with Crippen LogP contribution in [0.5, 0.6) is 0 Å². The minimum absolute atomic E-state index is 0.314. The van der Waals surface area contributed by atoms with E-state index in [0.717, 1.165) is 18.9 Å². The van der Waals surface area contributed by atoms with Crippen LogP contribution in [0.2, 0.25) is 0 Å². The van der Waals surface area contributed by atoms with Crippen LogP contribution in [-0.2, 0) is 0 Å². The number of rotatable bonds is 3. The molecule has 1 aromatic rings. The molecule has 5 nitrogen and oxygen atoms in total. The molecule has 1 saturated heterocycles. The van der Waals surface area contributed by atoms with Gasteiger partial charge in [-0.2, -0.15) is 4.98 Å². The van der Waals surface area contributed by atoms with Gasteiger partial charge in [0, 0.05) is 18.8 Å². The van der Waals surface area contributed by atoms with Crippen molar-refractivity contribution >= 4 is 11.8 Å². The molecule has 4 N–H and O–H groups in total. The first-order valence-electron chi connectivity index (χ1n) is 4.90. The molecular formula is C9H15N5. The molecule has 0 aromatic carbocycles. The molecule has 1 aliphatic heterocycles. The highest BCUT2D eigenvalue weighted by Crippen LogP contribution is 2.07. The molecule has 5 heteroatoms. The minimum Gasteiger partial charge on any atom is -0.368 e. The van der Waals surface area contributed by atoms with Crippen LogP contribution in [0, 0.1) is 0 Å². The van der Waals surface area contributed by atoms with E-state index in [2.05, 4.69) is 20.6 Å². The SMILES string of the molecule is Nc1nccc(NCC2CCCN2)n1. The van der Waals surface area contributed by atoms with E-state index in [-0.39, 0.29) is 0 Å². The number of nitrogens with one attached hydrogen (secondary N) is 2. The van der Waals surface area contributed by atoms with E-state index in [0.29, 0.717) is 12.0 Å². The highest BCUT2D eigenvalue weighted by Gasteiger charge is 2.13. The first kappa shape index (κ1) is 9.21. The number of anilines is 2. The van der Waals surface area contributed by atoms with E-state index >= 15 is 0 Å². The average Bonchev–Trinajstić information content (AvgIpc) is 2.67. The van der Waals surface area contributed by atoms with Gasteiger partial charge >= 0.3 is 0 Å². The van der Waals surface area contributed by atoms with Crippen molar-refractivity contribution < 1.29 is 0 Å². The summed E-state index contributed by atoms with van der Waals surface area (Å²) in [6, 6.07) is 2.39. The van der Waals surface area contributed by atoms with Crippen molar-refractivity contribution in [2.45, 2.75) is 18.9 Å². The molecule has 1 fully saturated rings. The summed E-state index contributed by atoms with van der Waals surface area (Å²) in [6.45, 7) is 2.02. The first-order chi connectivity index (χ1) is 6.84. The van der Waals surface area contributed by atoms with Gasteiger partial charge in [0.25, 0.3) is 0 Å². The predicted octanol–water partition coefficient (Wildman–Crippen LogP) is 0.223. The number of nitrogens with zero attached hydrogens (tertiary/aromatic N) is 2. The standard InChI is InChI=1S/C9H15N5/c10-9-12-5-3-8(14-9)13-6-7-2-1-4-11-7/h3,5,7,11H,1-2,4,6H2,(H3,10,12,13,14). The lowest BCUT2D eigenvalue weighted by molar-refractivity contribution is 0.632. The third-order valence-corrected chi connectivity index (χ3v) is 2.37. The second kappa shape index (κ2) is 4.23. The fraction of sp³-hybridized carbons (Fsp3) is 0.556. The summed E-state index contributed by atoms with van der Waals surface area (Å²) < 4.78 is 0. The van der Waals surface area contributed by atoms with Crippen LogP contribution in [0.1, 0.15) is 12.8 Å². The Hall–Kier alpha value is -1.36. The Balaban J connectivity index is 1.85. The fourth-order valence-corrected chi connectivity index (χ4v) is 1.63. The number of hydrogen-bond donors (Lipinski definition) is 3. The third-order valence-electron chi connectivity index (χ3n) is 2.37. The molecule has 1 aliphatic rings. The number of nitrogens with two attached hydrogens (primary N) is 1. The van der Waals surface area contributed by atoms with Crippen LogP contribution in [0.15, 0.2) is 12.3 Å². The lowest BCUT2D eigenvalue weighted by Gasteiger charge is -2.11. The molecule has 2 heterocycles. The Morgan fingerprint density at radius 3 is 3.29 bits per heavy atom. The van der Waals surface area contributed by atoms with E-state index in [1.165, 1.54) is 12.8 Å². The van der Waals surface area contributed by atoms with Crippen LogP contribution in [0.4, 0.5) is 11.8 Å². The highest BCUT2D eigenvalue weighted by atomic mass is 15.1. The topological polar surface area (TPSA) is 75.9 Å². The van der Waals surface area contributed by atoms with Gasteiger partial charge in [-0.05, 0) is 25.5 Å². The molecule has 0 radical (unpaired) electrons. The van der Waals surface area contributed by atoms with Gasteiger partial charge in [0.05, 0.1) is 0 Å². The molecule has 14 heavy (non-hydrogen) atoms. The van der Waals surface area contributed by atoms with Crippen molar-refractivity contribution in [3.8, 4) is 0 Å². The van der Waals surface area contributed by atoms with Crippen LogP contribution in [-0.4, -0.2) is 29.1 Å². The molecule has 2 rings (SSSR count). The summed E-state index contributed by atoms with van der Waals surface area (Å²) in [6.07, 6.45) is 4.15. The molecule has 76 valence electrons. The summed E-state index contributed by atoms with van der Waals surface area (Å²) >= 11 is 0. The van der Waals surface area contributed by atoms with Gasteiger partial charge in [-0.3, -0.25) is 0 Å². The fourth-order valence-electron chi connectivity index (χ4n) is 1.63. The Morgan fingerprint density at radius 1 is 1.64 bits per heavy atom. The van der Waals surface area contributed by atoms with E-state index in [1.54, 1.807) is 6.20 Å². The molecule has 0 saturated carbocycles. The van der Waals surface area contributed by atoms with Gasteiger partial charge in [-0.25, -0.2) is 4.98 Å². The maximum absolute atomic E-state index is 5.46. The largest absolute Gasteiger partial charge is 0.368 e. The minimum atomic E-state index is 0.314. The normalized spacial score (nSPS) is 21.0. The maximum Gasteiger partial charge on any atom is 0.221 e. The zero-order chi connectivity index (χ0) is 9.80. The zero-order valence-electron chi connectivity index (χ0n) is 8.03. The summed E-state index contributed by atoms with van der Waals surface area (Å²) in [5.41, 5.74) is 5.46. The van der Waals surface area contributed by atoms with Crippen LogP contribution in [0.3, 0.4) is 0 Å². The molecule has 0 amide bonds. The number of aromatic nitrogens is 2. The summed E-state index contributed by atoms with van der Waals surface area (Å²) in [7, 11) is 0. The van der Waals surface area contributed by atoms with Crippen LogP contribution >= 0.6 is 0 Å². The van der Waals surface area contributed by atoms with Gasteiger partial charge in [0.1, 0.15) is 5.82 Å². The average molecular weight is 193 g/mol. The Kier molecular flexibility index (Phi) is 2.78. The lowest BCUT2D eigenvalue weighted by atomic mass is 10.2. The highest BCUT2D eigenvalue weighted by molar-refractivity contribution is 5.37. The van der Waals surface area contributed by atoms with Crippen molar-refractivity contribution in [2.24, 2.45) is 0 Å². The molecule has 0 spiro atoms. The van der Waals surface area contributed by atoms with Gasteiger partial charge in [0.2, 0.25) is 5.95 Å². The summed E-state index contributed by atoms with van der Waals surface area (Å²) in [5, 5.41) is 6.64. The third kappa shape index (κ3) is 2.32. The molecular weight excluding hydrogens is 178 g/mol. The monoisotopic (exact) mass is 193 g/mol. The molecule has 1 unspecified atom stereocenters. The van der Waals surface area contributed by atoms with Crippen molar-refractivity contribution in [3.05, 3.63) is 12.3 Å². The predicted molar refractivity (Wildman–Crippen MR) is 56.0 cm³/mol. The van der Waals surface area contributed by atoms with Crippen LogP contribution in [0.25, 0.3) is 0 Å². The Morgan fingerprint density at radius 2 is 2.57 bits per heavy atom. The van der Waals surface area contributed by atoms with E-state index in [1.807, 2.05) is 6.07 Å². The van der Waals surface area contributed by atoms with Crippen molar-refractivity contribution in [1.29, 1.82) is 0 Å². The molecule has 1 aromatic heterocycles. The van der Waals surface area contributed by atoms with Gasteiger partial charge in [-0.1, -0.05) is 0 Å². The number of hydrogen-bond acceptors (Lipinski definition) is 5. The van der Waals surface area contributed by atoms with Gasteiger partial charge in [0.15, 0.2) is 0 Å². The summed E-state index contributed by atoms with van der Waals surface area (Å²) in [4.78, 5) is 7.89. The second-order valence-corrected chi connectivity index (χ2v) is 3.47. The lowest BCUT2D eigenvalue weighted by Crippen LogP contribution is -2.29.